The summed E-state index contributed by atoms with van der Waals surface area (Å²) in [5.74, 6) is -0.144. The molecule has 7 nitrogen and oxygen atoms in total. The molecule has 142 valence electrons. The maximum Gasteiger partial charge on any atom is 0.338 e. The number of hydrogen-bond donors (Lipinski definition) is 2. The van der Waals surface area contributed by atoms with Crippen LogP contribution in [0.4, 0.5) is 4.79 Å². The highest BCUT2D eigenvalue weighted by Gasteiger charge is 2.17. The second kappa shape index (κ2) is 8.84. The molecule has 0 saturated heterocycles. The molecule has 0 fully saturated rings. The van der Waals surface area contributed by atoms with Crippen LogP contribution >= 0.6 is 0 Å². The van der Waals surface area contributed by atoms with Crippen molar-refractivity contribution in [2.24, 2.45) is 0 Å². The molecule has 0 aliphatic heterocycles. The van der Waals surface area contributed by atoms with Crippen LogP contribution in [0.5, 0.6) is 11.5 Å². The maximum absolute atomic E-state index is 12.0. The topological polar surface area (TPSA) is 93.7 Å². The zero-order valence-electron chi connectivity index (χ0n) is 15.4. The molecule has 0 saturated carbocycles. The van der Waals surface area contributed by atoms with Crippen molar-refractivity contribution in [1.82, 2.24) is 10.6 Å². The lowest BCUT2D eigenvalue weighted by molar-refractivity contribution is -0.123. The molecule has 3 amide bonds. The molecule has 0 aliphatic carbocycles. The van der Waals surface area contributed by atoms with E-state index in [-0.39, 0.29) is 5.56 Å². The number of rotatable bonds is 5. The van der Waals surface area contributed by atoms with E-state index >= 15 is 0 Å². The van der Waals surface area contributed by atoms with E-state index in [1.165, 1.54) is 12.1 Å². The van der Waals surface area contributed by atoms with Crippen LogP contribution in [0.25, 0.3) is 0 Å². The average molecular weight is 370 g/mol. The standard InChI is InChI=1S/C20H22N2O5/c1-20(2,3)22-19(25)21-17(23)13-26-18(24)14-9-11-16(12-10-14)27-15-7-5-4-6-8-15/h4-12H,13H2,1-3H3,(H2,21,22,23,25). The van der Waals surface area contributed by atoms with Gasteiger partial charge >= 0.3 is 12.0 Å². The Morgan fingerprint density at radius 2 is 1.48 bits per heavy atom. The third kappa shape index (κ3) is 7.19. The lowest BCUT2D eigenvalue weighted by atomic mass is 10.1. The van der Waals surface area contributed by atoms with Crippen molar-refractivity contribution < 1.29 is 23.9 Å². The average Bonchev–Trinajstić information content (AvgIpc) is 2.59. The van der Waals surface area contributed by atoms with Crippen molar-refractivity contribution in [2.45, 2.75) is 26.3 Å². The maximum atomic E-state index is 12.0. The Morgan fingerprint density at radius 3 is 2.07 bits per heavy atom. The first-order valence-corrected chi connectivity index (χ1v) is 8.35. The van der Waals surface area contributed by atoms with Gasteiger partial charge in [0, 0.05) is 5.54 Å². The van der Waals surface area contributed by atoms with Crippen molar-refractivity contribution in [1.29, 1.82) is 0 Å². The van der Waals surface area contributed by atoms with Gasteiger partial charge in [0.1, 0.15) is 11.5 Å². The summed E-state index contributed by atoms with van der Waals surface area (Å²) in [7, 11) is 0. The lowest BCUT2D eigenvalue weighted by Crippen LogP contribution is -2.49. The van der Waals surface area contributed by atoms with Gasteiger partial charge in [0.2, 0.25) is 0 Å². The molecule has 0 spiro atoms. The van der Waals surface area contributed by atoms with Crippen molar-refractivity contribution in [3.05, 3.63) is 60.2 Å². The summed E-state index contributed by atoms with van der Waals surface area (Å²) in [5.41, 5.74) is -0.215. The normalized spacial score (nSPS) is 10.6. The fraction of sp³-hybridized carbons (Fsp3) is 0.250. The zero-order chi connectivity index (χ0) is 19.9. The Kier molecular flexibility index (Phi) is 6.54. The number of ether oxygens (including phenoxy) is 2. The minimum atomic E-state index is -0.714. The summed E-state index contributed by atoms with van der Waals surface area (Å²) in [6.45, 7) is 4.78. The molecule has 0 radical (unpaired) electrons. The molecular formula is C20H22N2O5. The van der Waals surface area contributed by atoms with Gasteiger partial charge in [-0.25, -0.2) is 9.59 Å². The number of benzene rings is 2. The molecule has 0 aliphatic rings. The minimum Gasteiger partial charge on any atom is -0.457 e. The lowest BCUT2D eigenvalue weighted by Gasteiger charge is -2.20. The van der Waals surface area contributed by atoms with Gasteiger partial charge in [0.05, 0.1) is 5.56 Å². The number of amides is 3. The number of urea groups is 1. The quantitative estimate of drug-likeness (QED) is 0.788. The molecule has 0 unspecified atom stereocenters. The number of carbonyl (C=O) groups excluding carboxylic acids is 3. The number of imide groups is 1. The summed E-state index contributed by atoms with van der Waals surface area (Å²) < 4.78 is 10.5. The van der Waals surface area contributed by atoms with E-state index < -0.39 is 30.1 Å². The smallest absolute Gasteiger partial charge is 0.338 e. The van der Waals surface area contributed by atoms with Crippen LogP contribution in [0.15, 0.2) is 54.6 Å². The summed E-state index contributed by atoms with van der Waals surface area (Å²) in [5, 5.41) is 4.66. The molecule has 0 aromatic heterocycles. The van der Waals surface area contributed by atoms with Crippen LogP contribution in [0.1, 0.15) is 31.1 Å². The minimum absolute atomic E-state index is 0.266. The summed E-state index contributed by atoms with van der Waals surface area (Å²) in [6, 6.07) is 14.9. The monoisotopic (exact) mass is 370 g/mol. The van der Waals surface area contributed by atoms with Crippen molar-refractivity contribution >= 4 is 17.9 Å². The van der Waals surface area contributed by atoms with Gasteiger partial charge in [0.25, 0.3) is 5.91 Å². The Hall–Kier alpha value is -3.35. The summed E-state index contributed by atoms with van der Waals surface area (Å²) >= 11 is 0. The molecular weight excluding hydrogens is 348 g/mol. The van der Waals surface area contributed by atoms with Gasteiger partial charge in [-0.3, -0.25) is 10.1 Å². The number of carbonyl (C=O) groups is 3. The number of hydrogen-bond acceptors (Lipinski definition) is 5. The summed E-state index contributed by atoms with van der Waals surface area (Å²) in [4.78, 5) is 35.2. The van der Waals surface area contributed by atoms with E-state index in [0.29, 0.717) is 11.5 Å². The largest absolute Gasteiger partial charge is 0.457 e. The molecule has 27 heavy (non-hydrogen) atoms. The van der Waals surface area contributed by atoms with E-state index in [1.807, 2.05) is 30.3 Å². The highest BCUT2D eigenvalue weighted by Crippen LogP contribution is 2.21. The molecule has 7 heteroatoms. The Bertz CT molecular complexity index is 795. The van der Waals surface area contributed by atoms with Crippen LogP contribution < -0.4 is 15.4 Å². The van der Waals surface area contributed by atoms with Crippen LogP contribution in [-0.2, 0) is 9.53 Å². The second-order valence-electron chi connectivity index (χ2n) is 6.77. The first kappa shape index (κ1) is 20.0. The molecule has 2 N–H and O–H groups in total. The molecule has 2 rings (SSSR count). The van der Waals surface area contributed by atoms with Gasteiger partial charge in [-0.2, -0.15) is 0 Å². The van der Waals surface area contributed by atoms with E-state index in [4.69, 9.17) is 9.47 Å². The molecule has 0 heterocycles. The van der Waals surface area contributed by atoms with Gasteiger partial charge < -0.3 is 14.8 Å². The van der Waals surface area contributed by atoms with Crippen LogP contribution in [0, 0.1) is 0 Å². The zero-order valence-corrected chi connectivity index (χ0v) is 15.4. The predicted octanol–water partition coefficient (Wildman–Crippen LogP) is 3.26. The van der Waals surface area contributed by atoms with Crippen molar-refractivity contribution in [2.75, 3.05) is 6.61 Å². The molecule has 0 bridgehead atoms. The molecule has 2 aromatic rings. The van der Waals surface area contributed by atoms with E-state index in [1.54, 1.807) is 32.9 Å². The van der Waals surface area contributed by atoms with Gasteiger partial charge in [-0.05, 0) is 57.2 Å². The number of nitrogens with one attached hydrogen (secondary N) is 2. The highest BCUT2D eigenvalue weighted by atomic mass is 16.5. The Morgan fingerprint density at radius 1 is 0.889 bits per heavy atom. The van der Waals surface area contributed by atoms with Gasteiger partial charge in [-0.15, -0.1) is 0 Å². The van der Waals surface area contributed by atoms with Crippen molar-refractivity contribution in [3.8, 4) is 11.5 Å². The first-order chi connectivity index (χ1) is 12.7. The number of para-hydroxylation sites is 1. The van der Waals surface area contributed by atoms with E-state index in [2.05, 4.69) is 10.6 Å². The van der Waals surface area contributed by atoms with E-state index in [0.717, 1.165) is 0 Å². The molecule has 2 aromatic carbocycles. The Balaban J connectivity index is 1.82. The van der Waals surface area contributed by atoms with Crippen LogP contribution in [0.2, 0.25) is 0 Å². The van der Waals surface area contributed by atoms with Crippen LogP contribution in [0.3, 0.4) is 0 Å². The highest BCUT2D eigenvalue weighted by molar-refractivity contribution is 5.97. The summed E-state index contributed by atoms with van der Waals surface area (Å²) in [6.07, 6.45) is 0. The Labute approximate surface area is 157 Å². The second-order valence-corrected chi connectivity index (χ2v) is 6.77. The third-order valence-corrected chi connectivity index (χ3v) is 3.14. The predicted molar refractivity (Wildman–Crippen MR) is 99.7 cm³/mol. The number of esters is 1. The SMILES string of the molecule is CC(C)(C)NC(=O)NC(=O)COC(=O)c1ccc(Oc2ccccc2)cc1. The first-order valence-electron chi connectivity index (χ1n) is 8.35. The van der Waals surface area contributed by atoms with Crippen molar-refractivity contribution in [3.63, 3.8) is 0 Å². The van der Waals surface area contributed by atoms with Crippen LogP contribution in [-0.4, -0.2) is 30.1 Å². The fourth-order valence-corrected chi connectivity index (χ4v) is 2.03. The van der Waals surface area contributed by atoms with Gasteiger partial charge in [0.15, 0.2) is 6.61 Å². The van der Waals surface area contributed by atoms with E-state index in [9.17, 15) is 14.4 Å². The molecule has 0 atom stereocenters. The third-order valence-electron chi connectivity index (χ3n) is 3.14. The fourth-order valence-electron chi connectivity index (χ4n) is 2.03. The van der Waals surface area contributed by atoms with Gasteiger partial charge in [-0.1, -0.05) is 18.2 Å².